The van der Waals surface area contributed by atoms with Crippen LogP contribution in [-0.4, -0.2) is 29.9 Å². The van der Waals surface area contributed by atoms with Gasteiger partial charge in [-0.25, -0.2) is 9.18 Å². The molecule has 1 unspecified atom stereocenters. The number of benzene rings is 2. The Kier molecular flexibility index (Phi) is 4.53. The molecule has 1 amide bonds. The number of rotatable bonds is 2. The Labute approximate surface area is 143 Å². The van der Waals surface area contributed by atoms with Crippen molar-refractivity contribution in [3.8, 4) is 0 Å². The van der Waals surface area contributed by atoms with Gasteiger partial charge in [-0.2, -0.15) is 0 Å². The van der Waals surface area contributed by atoms with Crippen molar-refractivity contribution in [3.05, 3.63) is 70.0 Å². The average molecular weight is 348 g/mol. The third kappa shape index (κ3) is 2.99. The maximum atomic E-state index is 13.2. The van der Waals surface area contributed by atoms with Crippen molar-refractivity contribution in [2.24, 2.45) is 0 Å². The zero-order valence-electron chi connectivity index (χ0n) is 13.0. The fraction of sp³-hybridized carbons (Fsp3) is 0.222. The number of carbonyl (C=O) groups excluding carboxylic acids is 2. The van der Waals surface area contributed by atoms with Crippen LogP contribution in [0.2, 0.25) is 5.02 Å². The number of hydrogen-bond acceptors (Lipinski definition) is 3. The second-order valence-corrected chi connectivity index (χ2v) is 5.98. The lowest BCUT2D eigenvalue weighted by Gasteiger charge is -2.35. The minimum atomic E-state index is -0.737. The summed E-state index contributed by atoms with van der Waals surface area (Å²) >= 11 is 6.00. The van der Waals surface area contributed by atoms with Crippen molar-refractivity contribution in [1.29, 1.82) is 0 Å². The Morgan fingerprint density at radius 1 is 1.21 bits per heavy atom. The number of amides is 1. The minimum Gasteiger partial charge on any atom is -0.467 e. The highest BCUT2D eigenvalue weighted by molar-refractivity contribution is 6.33. The highest BCUT2D eigenvalue weighted by Gasteiger charge is 2.36. The number of carbonyl (C=O) groups is 2. The predicted molar refractivity (Wildman–Crippen MR) is 87.2 cm³/mol. The van der Waals surface area contributed by atoms with Crippen LogP contribution in [0, 0.1) is 5.82 Å². The van der Waals surface area contributed by atoms with Crippen molar-refractivity contribution in [1.82, 2.24) is 4.90 Å². The fourth-order valence-electron chi connectivity index (χ4n) is 2.90. The first-order valence-electron chi connectivity index (χ1n) is 7.42. The number of hydrogen-bond donors (Lipinski definition) is 0. The van der Waals surface area contributed by atoms with E-state index in [4.69, 9.17) is 16.3 Å². The molecule has 0 saturated heterocycles. The van der Waals surface area contributed by atoms with E-state index < -0.39 is 23.7 Å². The highest BCUT2D eigenvalue weighted by atomic mass is 35.5. The molecule has 0 spiro atoms. The molecule has 0 radical (unpaired) electrons. The second-order valence-electron chi connectivity index (χ2n) is 5.57. The van der Waals surface area contributed by atoms with Crippen LogP contribution in [0.3, 0.4) is 0 Å². The van der Waals surface area contributed by atoms with Crippen LogP contribution >= 0.6 is 11.6 Å². The number of nitrogens with zero attached hydrogens (tertiary/aromatic N) is 1. The van der Waals surface area contributed by atoms with Crippen LogP contribution < -0.4 is 0 Å². The summed E-state index contributed by atoms with van der Waals surface area (Å²) in [6.45, 7) is 0.266. The molecule has 6 heteroatoms. The summed E-state index contributed by atoms with van der Waals surface area (Å²) in [5, 5.41) is 0.0162. The lowest BCUT2D eigenvalue weighted by atomic mass is 9.93. The molecule has 24 heavy (non-hydrogen) atoms. The molecule has 1 aliphatic rings. The standard InChI is InChI=1S/C18H15ClFNO3/c1-24-18(23)16-8-11-4-2-3-5-12(11)10-21(16)17(22)14-7-6-13(20)9-15(14)19/h2-7,9,16H,8,10H2,1H3. The first-order valence-corrected chi connectivity index (χ1v) is 7.79. The highest BCUT2D eigenvalue weighted by Crippen LogP contribution is 2.27. The molecule has 1 aliphatic heterocycles. The van der Waals surface area contributed by atoms with Gasteiger partial charge in [0.2, 0.25) is 0 Å². The Hall–Kier alpha value is -2.40. The Morgan fingerprint density at radius 2 is 1.92 bits per heavy atom. The van der Waals surface area contributed by atoms with Crippen molar-refractivity contribution in [2.75, 3.05) is 7.11 Å². The summed E-state index contributed by atoms with van der Waals surface area (Å²) < 4.78 is 18.1. The summed E-state index contributed by atoms with van der Waals surface area (Å²) in [7, 11) is 1.29. The van der Waals surface area contributed by atoms with E-state index in [2.05, 4.69) is 0 Å². The molecule has 3 rings (SSSR count). The van der Waals surface area contributed by atoms with Crippen molar-refractivity contribution >= 4 is 23.5 Å². The molecular weight excluding hydrogens is 333 g/mol. The van der Waals surface area contributed by atoms with Gasteiger partial charge >= 0.3 is 5.97 Å². The molecule has 1 heterocycles. The van der Waals surface area contributed by atoms with E-state index in [1.165, 1.54) is 24.1 Å². The molecule has 124 valence electrons. The van der Waals surface area contributed by atoms with Gasteiger partial charge in [0.1, 0.15) is 11.9 Å². The van der Waals surface area contributed by atoms with E-state index in [1.807, 2.05) is 24.3 Å². The summed E-state index contributed by atoms with van der Waals surface area (Å²) in [5.74, 6) is -1.44. The zero-order chi connectivity index (χ0) is 17.3. The largest absolute Gasteiger partial charge is 0.467 e. The van der Waals surface area contributed by atoms with E-state index in [9.17, 15) is 14.0 Å². The third-order valence-electron chi connectivity index (χ3n) is 4.14. The Bertz CT molecular complexity index is 809. The molecule has 0 aliphatic carbocycles. The zero-order valence-corrected chi connectivity index (χ0v) is 13.7. The van der Waals surface area contributed by atoms with E-state index >= 15 is 0 Å². The minimum absolute atomic E-state index is 0.0162. The molecular formula is C18H15ClFNO3. The van der Waals surface area contributed by atoms with Crippen LogP contribution in [0.5, 0.6) is 0 Å². The van der Waals surface area contributed by atoms with Crippen molar-refractivity contribution in [3.63, 3.8) is 0 Å². The van der Waals surface area contributed by atoms with Gasteiger partial charge in [0, 0.05) is 13.0 Å². The molecule has 2 aromatic rings. The van der Waals surface area contributed by atoms with E-state index in [1.54, 1.807) is 0 Å². The van der Waals surface area contributed by atoms with Gasteiger partial charge in [-0.3, -0.25) is 4.79 Å². The number of methoxy groups -OCH3 is 1. The van der Waals surface area contributed by atoms with Gasteiger partial charge in [-0.15, -0.1) is 0 Å². The molecule has 2 aromatic carbocycles. The quantitative estimate of drug-likeness (QED) is 0.784. The molecule has 0 fully saturated rings. The molecule has 0 N–H and O–H groups in total. The molecule has 4 nitrogen and oxygen atoms in total. The number of ether oxygens (including phenoxy) is 1. The second kappa shape index (κ2) is 6.61. The van der Waals surface area contributed by atoms with Crippen LogP contribution in [0.25, 0.3) is 0 Å². The number of fused-ring (bicyclic) bond motifs is 1. The summed E-state index contributed by atoms with van der Waals surface area (Å²) in [5.41, 5.74) is 2.12. The van der Waals surface area contributed by atoms with Gasteiger partial charge in [-0.1, -0.05) is 35.9 Å². The fourth-order valence-corrected chi connectivity index (χ4v) is 3.15. The average Bonchev–Trinajstić information content (AvgIpc) is 2.59. The van der Waals surface area contributed by atoms with Gasteiger partial charge in [-0.05, 0) is 29.3 Å². The van der Waals surface area contributed by atoms with Gasteiger partial charge < -0.3 is 9.64 Å². The molecule has 0 aromatic heterocycles. The smallest absolute Gasteiger partial charge is 0.328 e. The lowest BCUT2D eigenvalue weighted by Crippen LogP contribution is -2.49. The van der Waals surface area contributed by atoms with Crippen LogP contribution in [0.15, 0.2) is 42.5 Å². The Balaban J connectivity index is 1.99. The molecule has 0 saturated carbocycles. The van der Waals surface area contributed by atoms with Gasteiger partial charge in [0.15, 0.2) is 0 Å². The first-order chi connectivity index (χ1) is 11.5. The Morgan fingerprint density at radius 3 is 2.58 bits per heavy atom. The van der Waals surface area contributed by atoms with E-state index in [0.717, 1.165) is 17.2 Å². The van der Waals surface area contributed by atoms with E-state index in [0.29, 0.717) is 6.42 Å². The summed E-state index contributed by atoms with van der Waals surface area (Å²) in [6, 6.07) is 10.5. The summed E-state index contributed by atoms with van der Waals surface area (Å²) in [4.78, 5) is 26.5. The normalized spacial score (nSPS) is 16.5. The van der Waals surface area contributed by atoms with E-state index in [-0.39, 0.29) is 17.1 Å². The topological polar surface area (TPSA) is 46.6 Å². The monoisotopic (exact) mass is 347 g/mol. The summed E-state index contributed by atoms with van der Waals surface area (Å²) in [6.07, 6.45) is 0.368. The first kappa shape index (κ1) is 16.5. The third-order valence-corrected chi connectivity index (χ3v) is 4.46. The molecule has 1 atom stereocenters. The van der Waals surface area contributed by atoms with Crippen LogP contribution in [0.1, 0.15) is 21.5 Å². The SMILES string of the molecule is COC(=O)C1Cc2ccccc2CN1C(=O)c1ccc(F)cc1Cl. The molecule has 0 bridgehead atoms. The van der Waals surface area contributed by atoms with Crippen LogP contribution in [-0.2, 0) is 22.5 Å². The van der Waals surface area contributed by atoms with Crippen LogP contribution in [0.4, 0.5) is 4.39 Å². The predicted octanol–water partition coefficient (Wildman–Crippen LogP) is 3.22. The number of esters is 1. The maximum Gasteiger partial charge on any atom is 0.328 e. The lowest BCUT2D eigenvalue weighted by molar-refractivity contribution is -0.146. The van der Waals surface area contributed by atoms with Crippen molar-refractivity contribution < 1.29 is 18.7 Å². The number of halogens is 2. The van der Waals surface area contributed by atoms with Crippen molar-refractivity contribution in [2.45, 2.75) is 19.0 Å². The van der Waals surface area contributed by atoms with Gasteiger partial charge in [0.25, 0.3) is 5.91 Å². The maximum absolute atomic E-state index is 13.2. The van der Waals surface area contributed by atoms with Gasteiger partial charge in [0.05, 0.1) is 17.7 Å².